The molecular weight excluding hydrogens is 204 g/mol. The van der Waals surface area contributed by atoms with Crippen LogP contribution >= 0.6 is 11.3 Å². The normalized spacial score (nSPS) is 26.6. The molecule has 1 aromatic rings. The predicted molar refractivity (Wildman–Crippen MR) is 52.3 cm³/mol. The minimum atomic E-state index is -0.394. The summed E-state index contributed by atoms with van der Waals surface area (Å²) < 4.78 is 5.41. The summed E-state index contributed by atoms with van der Waals surface area (Å²) in [5.74, 6) is 0. The number of hydrogen-bond acceptors (Lipinski definition) is 5. The van der Waals surface area contributed by atoms with Crippen molar-refractivity contribution in [3.63, 3.8) is 0 Å². The van der Waals surface area contributed by atoms with Gasteiger partial charge in [0.15, 0.2) is 0 Å². The molecule has 0 bridgehead atoms. The minimum absolute atomic E-state index is 0.0340. The number of nitro groups is 1. The summed E-state index contributed by atoms with van der Waals surface area (Å²) in [6, 6.07) is 3.18. The average molecular weight is 214 g/mol. The molecule has 1 saturated heterocycles. The van der Waals surface area contributed by atoms with E-state index in [-0.39, 0.29) is 17.1 Å². The second-order valence-electron chi connectivity index (χ2n) is 3.18. The van der Waals surface area contributed by atoms with Gasteiger partial charge < -0.3 is 10.5 Å². The second-order valence-corrected chi connectivity index (χ2v) is 4.27. The summed E-state index contributed by atoms with van der Waals surface area (Å²) in [5.41, 5.74) is 5.81. The topological polar surface area (TPSA) is 78.4 Å². The standard InChI is InChI=1S/C8H10N2O3S/c9-5-3-4-13-8(5)6-1-2-7(14-6)10(11)12/h1-2,5,8H,3-4,9H2. The van der Waals surface area contributed by atoms with Crippen LogP contribution in [0.1, 0.15) is 17.4 Å². The fourth-order valence-electron chi connectivity index (χ4n) is 1.49. The molecule has 1 fully saturated rings. The molecule has 6 heteroatoms. The van der Waals surface area contributed by atoms with E-state index in [1.807, 2.05) is 0 Å². The number of rotatable bonds is 2. The molecule has 5 nitrogen and oxygen atoms in total. The molecule has 76 valence electrons. The van der Waals surface area contributed by atoms with Gasteiger partial charge in [0.25, 0.3) is 0 Å². The van der Waals surface area contributed by atoms with Gasteiger partial charge in [-0.2, -0.15) is 0 Å². The Kier molecular flexibility index (Phi) is 2.49. The summed E-state index contributed by atoms with van der Waals surface area (Å²) >= 11 is 1.14. The van der Waals surface area contributed by atoms with Crippen molar-refractivity contribution < 1.29 is 9.66 Å². The Morgan fingerprint density at radius 1 is 1.64 bits per heavy atom. The molecule has 1 aromatic heterocycles. The third-order valence-electron chi connectivity index (χ3n) is 2.21. The maximum Gasteiger partial charge on any atom is 0.324 e. The summed E-state index contributed by atoms with van der Waals surface area (Å²) in [6.07, 6.45) is 0.657. The SMILES string of the molecule is NC1CCOC1c1ccc([N+](=O)[O-])s1. The van der Waals surface area contributed by atoms with E-state index in [1.54, 1.807) is 6.07 Å². The lowest BCUT2D eigenvalue weighted by atomic mass is 10.1. The van der Waals surface area contributed by atoms with Crippen molar-refractivity contribution in [3.05, 3.63) is 27.1 Å². The highest BCUT2D eigenvalue weighted by Crippen LogP contribution is 2.35. The van der Waals surface area contributed by atoms with Crippen LogP contribution in [0.4, 0.5) is 5.00 Å². The van der Waals surface area contributed by atoms with Crippen LogP contribution in [0, 0.1) is 10.1 Å². The van der Waals surface area contributed by atoms with E-state index in [0.29, 0.717) is 6.61 Å². The van der Waals surface area contributed by atoms with Crippen LogP contribution in [0.25, 0.3) is 0 Å². The first-order valence-electron chi connectivity index (χ1n) is 4.30. The molecule has 0 radical (unpaired) electrons. The molecule has 14 heavy (non-hydrogen) atoms. The highest BCUT2D eigenvalue weighted by Gasteiger charge is 2.28. The Morgan fingerprint density at radius 3 is 2.93 bits per heavy atom. The molecular formula is C8H10N2O3S. The van der Waals surface area contributed by atoms with Gasteiger partial charge in [-0.25, -0.2) is 0 Å². The van der Waals surface area contributed by atoms with Crippen molar-refractivity contribution in [2.45, 2.75) is 18.6 Å². The van der Waals surface area contributed by atoms with Crippen molar-refractivity contribution in [2.75, 3.05) is 6.61 Å². The van der Waals surface area contributed by atoms with Gasteiger partial charge in [0, 0.05) is 23.6 Å². The molecule has 0 aliphatic carbocycles. The van der Waals surface area contributed by atoms with Crippen LogP contribution in [-0.2, 0) is 4.74 Å². The lowest BCUT2D eigenvalue weighted by Crippen LogP contribution is -2.22. The van der Waals surface area contributed by atoms with Gasteiger partial charge in [-0.1, -0.05) is 11.3 Å². The second kappa shape index (κ2) is 3.64. The van der Waals surface area contributed by atoms with E-state index in [0.717, 1.165) is 22.6 Å². The van der Waals surface area contributed by atoms with Gasteiger partial charge in [-0.3, -0.25) is 10.1 Å². The molecule has 0 spiro atoms. The minimum Gasteiger partial charge on any atom is -0.371 e. The Hall–Kier alpha value is -0.980. The van der Waals surface area contributed by atoms with E-state index in [2.05, 4.69) is 0 Å². The zero-order valence-electron chi connectivity index (χ0n) is 7.38. The van der Waals surface area contributed by atoms with Crippen molar-refractivity contribution in [1.82, 2.24) is 0 Å². The van der Waals surface area contributed by atoms with Gasteiger partial charge in [0.1, 0.15) is 6.10 Å². The largest absolute Gasteiger partial charge is 0.371 e. The number of thiophene rings is 1. The van der Waals surface area contributed by atoms with Crippen LogP contribution < -0.4 is 5.73 Å². The van der Waals surface area contributed by atoms with Gasteiger partial charge >= 0.3 is 5.00 Å². The summed E-state index contributed by atoms with van der Waals surface area (Å²) in [6.45, 7) is 0.636. The van der Waals surface area contributed by atoms with Crippen molar-refractivity contribution in [1.29, 1.82) is 0 Å². The van der Waals surface area contributed by atoms with Crippen LogP contribution in [-0.4, -0.2) is 17.6 Å². The summed E-state index contributed by atoms with van der Waals surface area (Å²) in [5, 5.41) is 10.6. The molecule has 2 rings (SSSR count). The maximum absolute atomic E-state index is 10.5. The smallest absolute Gasteiger partial charge is 0.324 e. The van der Waals surface area contributed by atoms with Crippen LogP contribution in [0.3, 0.4) is 0 Å². The first-order chi connectivity index (χ1) is 6.68. The zero-order valence-corrected chi connectivity index (χ0v) is 8.20. The Morgan fingerprint density at radius 2 is 2.43 bits per heavy atom. The number of hydrogen-bond donors (Lipinski definition) is 1. The van der Waals surface area contributed by atoms with Crippen LogP contribution in [0.15, 0.2) is 12.1 Å². The highest BCUT2D eigenvalue weighted by molar-refractivity contribution is 7.15. The first kappa shape index (κ1) is 9.57. The third-order valence-corrected chi connectivity index (χ3v) is 3.31. The predicted octanol–water partition coefficient (Wildman–Crippen LogP) is 1.45. The fraction of sp³-hybridized carbons (Fsp3) is 0.500. The lowest BCUT2D eigenvalue weighted by Gasteiger charge is -2.11. The number of nitrogens with two attached hydrogens (primary N) is 1. The molecule has 1 aliphatic heterocycles. The van der Waals surface area contributed by atoms with E-state index >= 15 is 0 Å². The van der Waals surface area contributed by atoms with Gasteiger partial charge in [-0.15, -0.1) is 0 Å². The average Bonchev–Trinajstić information content (AvgIpc) is 2.71. The quantitative estimate of drug-likeness (QED) is 0.597. The maximum atomic E-state index is 10.5. The van der Waals surface area contributed by atoms with E-state index in [9.17, 15) is 10.1 Å². The molecule has 0 saturated carbocycles. The Labute approximate surface area is 84.6 Å². The third kappa shape index (κ3) is 1.63. The van der Waals surface area contributed by atoms with Gasteiger partial charge in [-0.05, 0) is 12.5 Å². The molecule has 2 atom stereocenters. The van der Waals surface area contributed by atoms with Crippen molar-refractivity contribution in [3.8, 4) is 0 Å². The van der Waals surface area contributed by atoms with E-state index in [4.69, 9.17) is 10.5 Å². The van der Waals surface area contributed by atoms with Crippen molar-refractivity contribution in [2.24, 2.45) is 5.73 Å². The molecule has 0 aromatic carbocycles. The van der Waals surface area contributed by atoms with Crippen LogP contribution in [0.5, 0.6) is 0 Å². The van der Waals surface area contributed by atoms with Crippen molar-refractivity contribution >= 4 is 16.3 Å². The van der Waals surface area contributed by atoms with E-state index < -0.39 is 4.92 Å². The van der Waals surface area contributed by atoms with E-state index in [1.165, 1.54) is 6.07 Å². The van der Waals surface area contributed by atoms with Gasteiger partial charge in [0.05, 0.1) is 4.92 Å². The number of nitrogens with zero attached hydrogens (tertiary/aromatic N) is 1. The zero-order chi connectivity index (χ0) is 10.1. The molecule has 2 unspecified atom stereocenters. The molecule has 1 aliphatic rings. The molecule has 2 heterocycles. The molecule has 0 amide bonds. The first-order valence-corrected chi connectivity index (χ1v) is 5.11. The Balaban J connectivity index is 2.20. The summed E-state index contributed by atoms with van der Waals surface area (Å²) in [7, 11) is 0. The molecule has 2 N–H and O–H groups in total. The highest BCUT2D eigenvalue weighted by atomic mass is 32.1. The number of ether oxygens (including phenoxy) is 1. The lowest BCUT2D eigenvalue weighted by molar-refractivity contribution is -0.380. The fourth-order valence-corrected chi connectivity index (χ4v) is 2.44. The van der Waals surface area contributed by atoms with Crippen LogP contribution in [0.2, 0.25) is 0 Å². The summed E-state index contributed by atoms with van der Waals surface area (Å²) in [4.78, 5) is 10.9. The van der Waals surface area contributed by atoms with Gasteiger partial charge in [0.2, 0.25) is 0 Å². The monoisotopic (exact) mass is 214 g/mol. The Bertz CT molecular complexity index is 352.